The highest BCUT2D eigenvalue weighted by molar-refractivity contribution is 7.89. The minimum Gasteiger partial charge on any atom is -0.504 e. The van der Waals surface area contributed by atoms with E-state index in [9.17, 15) is 13.5 Å². The lowest BCUT2D eigenvalue weighted by molar-refractivity contribution is 0.372. The van der Waals surface area contributed by atoms with Gasteiger partial charge in [-0.15, -0.1) is 0 Å². The number of sulfonamides is 1. The van der Waals surface area contributed by atoms with Gasteiger partial charge in [0.15, 0.2) is 11.5 Å². The molecule has 21 heavy (non-hydrogen) atoms. The van der Waals surface area contributed by atoms with Gasteiger partial charge in [-0.3, -0.25) is 5.10 Å². The lowest BCUT2D eigenvalue weighted by Gasteiger charge is -2.17. The predicted molar refractivity (Wildman–Crippen MR) is 76.3 cm³/mol. The van der Waals surface area contributed by atoms with Crippen LogP contribution in [0.5, 0.6) is 11.5 Å². The molecule has 0 fully saturated rings. The zero-order chi connectivity index (χ0) is 15.6. The number of aromatic nitrogens is 2. The van der Waals surface area contributed by atoms with Crippen molar-refractivity contribution >= 4 is 15.8 Å². The van der Waals surface area contributed by atoms with Crippen LogP contribution in [0, 0.1) is 0 Å². The van der Waals surface area contributed by atoms with Crippen molar-refractivity contribution in [1.82, 2.24) is 14.5 Å². The van der Waals surface area contributed by atoms with Crippen molar-refractivity contribution in [2.75, 3.05) is 19.9 Å². The van der Waals surface area contributed by atoms with Crippen LogP contribution in [0.1, 0.15) is 5.56 Å². The standard InChI is InChI=1S/C12H16N4O4S/c1-16(21(18,19)11-6-14-15-12(11)13)7-8-3-4-9(17)10(5-8)20-2/h3-6,17H,7H2,1-2H3,(H3,13,14,15). The average molecular weight is 312 g/mol. The summed E-state index contributed by atoms with van der Waals surface area (Å²) in [6.07, 6.45) is 1.17. The smallest absolute Gasteiger partial charge is 0.248 e. The highest BCUT2D eigenvalue weighted by atomic mass is 32.2. The normalized spacial score (nSPS) is 11.8. The Kier molecular flexibility index (Phi) is 4.05. The fourth-order valence-electron chi connectivity index (χ4n) is 1.82. The molecule has 1 aromatic carbocycles. The Morgan fingerprint density at radius 3 is 2.76 bits per heavy atom. The van der Waals surface area contributed by atoms with E-state index in [1.54, 1.807) is 12.1 Å². The van der Waals surface area contributed by atoms with Crippen LogP contribution in [0.15, 0.2) is 29.3 Å². The SMILES string of the molecule is COc1cc(CN(C)S(=O)(=O)c2cn[nH]c2N)ccc1O. The van der Waals surface area contributed by atoms with Gasteiger partial charge in [0.1, 0.15) is 10.7 Å². The number of benzene rings is 1. The molecule has 0 unspecified atom stereocenters. The largest absolute Gasteiger partial charge is 0.504 e. The van der Waals surface area contributed by atoms with Crippen LogP contribution in [0.2, 0.25) is 0 Å². The quantitative estimate of drug-likeness (QED) is 0.740. The Hall–Kier alpha value is -2.26. The number of phenols is 1. The third-order valence-electron chi connectivity index (χ3n) is 2.97. The topological polar surface area (TPSA) is 122 Å². The fraction of sp³-hybridized carbons (Fsp3) is 0.250. The van der Waals surface area contributed by atoms with E-state index in [1.807, 2.05) is 0 Å². The van der Waals surface area contributed by atoms with Crippen molar-refractivity contribution in [1.29, 1.82) is 0 Å². The van der Waals surface area contributed by atoms with Gasteiger partial charge < -0.3 is 15.6 Å². The molecule has 0 aliphatic carbocycles. The summed E-state index contributed by atoms with van der Waals surface area (Å²) in [6.45, 7) is 0.101. The molecular formula is C12H16N4O4S. The number of rotatable bonds is 5. The van der Waals surface area contributed by atoms with Crippen molar-refractivity contribution in [2.45, 2.75) is 11.4 Å². The summed E-state index contributed by atoms with van der Waals surface area (Å²) in [5.74, 6) is 0.261. The first-order valence-corrected chi connectivity index (χ1v) is 7.41. The summed E-state index contributed by atoms with van der Waals surface area (Å²) in [5, 5.41) is 15.5. The minimum absolute atomic E-state index is 0.00848. The number of nitrogens with zero attached hydrogens (tertiary/aromatic N) is 2. The molecule has 0 bridgehead atoms. The maximum atomic E-state index is 12.3. The summed E-state index contributed by atoms with van der Waals surface area (Å²) in [7, 11) is -0.889. The number of ether oxygens (including phenoxy) is 1. The molecule has 9 heteroatoms. The number of phenolic OH excluding ortho intramolecular Hbond substituents is 1. The van der Waals surface area contributed by atoms with E-state index in [2.05, 4.69) is 10.2 Å². The summed E-state index contributed by atoms with van der Waals surface area (Å²) in [6, 6.07) is 4.63. The number of hydrogen-bond donors (Lipinski definition) is 3. The van der Waals surface area contributed by atoms with Gasteiger partial charge in [0.05, 0.1) is 13.3 Å². The van der Waals surface area contributed by atoms with Crippen LogP contribution >= 0.6 is 0 Å². The van der Waals surface area contributed by atoms with Crippen molar-refractivity contribution in [3.05, 3.63) is 30.0 Å². The van der Waals surface area contributed by atoms with E-state index in [0.717, 1.165) is 4.31 Å². The van der Waals surface area contributed by atoms with Crippen LogP contribution in [0.4, 0.5) is 5.82 Å². The van der Waals surface area contributed by atoms with E-state index in [-0.39, 0.29) is 28.8 Å². The summed E-state index contributed by atoms with van der Waals surface area (Å²) < 4.78 is 30.8. The summed E-state index contributed by atoms with van der Waals surface area (Å²) in [5.41, 5.74) is 6.21. The molecule has 0 atom stereocenters. The van der Waals surface area contributed by atoms with Crippen LogP contribution < -0.4 is 10.5 Å². The number of anilines is 1. The van der Waals surface area contributed by atoms with E-state index >= 15 is 0 Å². The molecule has 1 aromatic heterocycles. The molecule has 0 saturated heterocycles. The van der Waals surface area contributed by atoms with E-state index in [1.165, 1.54) is 26.4 Å². The number of methoxy groups -OCH3 is 1. The van der Waals surface area contributed by atoms with Gasteiger partial charge in [0.2, 0.25) is 10.0 Å². The predicted octanol–water partition coefficient (Wildman–Crippen LogP) is 0.527. The Bertz CT molecular complexity index is 741. The second-order valence-corrected chi connectivity index (χ2v) is 6.43. The van der Waals surface area contributed by atoms with Crippen LogP contribution in [0.25, 0.3) is 0 Å². The fourth-order valence-corrected chi connectivity index (χ4v) is 2.99. The molecule has 4 N–H and O–H groups in total. The molecule has 1 heterocycles. The highest BCUT2D eigenvalue weighted by Gasteiger charge is 2.25. The summed E-state index contributed by atoms with van der Waals surface area (Å²) >= 11 is 0. The number of nitrogen functional groups attached to an aromatic ring is 1. The monoisotopic (exact) mass is 312 g/mol. The van der Waals surface area contributed by atoms with Gasteiger partial charge in [0.25, 0.3) is 0 Å². The van der Waals surface area contributed by atoms with Gasteiger partial charge in [-0.05, 0) is 17.7 Å². The van der Waals surface area contributed by atoms with Gasteiger partial charge >= 0.3 is 0 Å². The molecule has 0 radical (unpaired) electrons. The second kappa shape index (κ2) is 5.62. The molecule has 114 valence electrons. The molecule has 0 saturated carbocycles. The molecule has 2 rings (SSSR count). The van der Waals surface area contributed by atoms with Crippen molar-refractivity contribution in [3.63, 3.8) is 0 Å². The zero-order valence-corrected chi connectivity index (χ0v) is 12.4. The number of hydrogen-bond acceptors (Lipinski definition) is 6. The Labute approximate surface area is 122 Å². The number of aromatic amines is 1. The van der Waals surface area contributed by atoms with Crippen LogP contribution in [-0.4, -0.2) is 42.2 Å². The molecule has 2 aromatic rings. The van der Waals surface area contributed by atoms with Crippen LogP contribution in [0.3, 0.4) is 0 Å². The molecule has 0 spiro atoms. The maximum Gasteiger partial charge on any atom is 0.248 e. The number of aromatic hydroxyl groups is 1. The third kappa shape index (κ3) is 2.93. The first kappa shape index (κ1) is 15.1. The molecular weight excluding hydrogens is 296 g/mol. The van der Waals surface area contributed by atoms with Crippen molar-refractivity contribution in [3.8, 4) is 11.5 Å². The van der Waals surface area contributed by atoms with Gasteiger partial charge in [-0.1, -0.05) is 6.07 Å². The van der Waals surface area contributed by atoms with Crippen molar-refractivity contribution in [2.24, 2.45) is 0 Å². The first-order chi connectivity index (χ1) is 9.86. The van der Waals surface area contributed by atoms with Crippen molar-refractivity contribution < 1.29 is 18.3 Å². The summed E-state index contributed by atoms with van der Waals surface area (Å²) in [4.78, 5) is -0.0734. The van der Waals surface area contributed by atoms with Crippen LogP contribution in [-0.2, 0) is 16.6 Å². The Morgan fingerprint density at radius 1 is 1.48 bits per heavy atom. The zero-order valence-electron chi connectivity index (χ0n) is 11.6. The van der Waals surface area contributed by atoms with Gasteiger partial charge in [0, 0.05) is 13.6 Å². The maximum absolute atomic E-state index is 12.3. The van der Waals surface area contributed by atoms with E-state index < -0.39 is 10.0 Å². The number of H-pyrrole nitrogens is 1. The van der Waals surface area contributed by atoms with E-state index in [0.29, 0.717) is 5.56 Å². The lowest BCUT2D eigenvalue weighted by Crippen LogP contribution is -2.26. The third-order valence-corrected chi connectivity index (χ3v) is 4.80. The molecule has 0 aliphatic rings. The minimum atomic E-state index is -3.74. The number of nitrogens with two attached hydrogens (primary N) is 1. The van der Waals surface area contributed by atoms with Gasteiger partial charge in [-0.2, -0.15) is 9.40 Å². The highest BCUT2D eigenvalue weighted by Crippen LogP contribution is 2.27. The lowest BCUT2D eigenvalue weighted by atomic mass is 10.2. The molecule has 0 aliphatic heterocycles. The Morgan fingerprint density at radius 2 is 2.19 bits per heavy atom. The Balaban J connectivity index is 2.26. The van der Waals surface area contributed by atoms with Gasteiger partial charge in [-0.25, -0.2) is 8.42 Å². The average Bonchev–Trinajstić information content (AvgIpc) is 2.87. The molecule has 8 nitrogen and oxygen atoms in total. The molecule has 0 amide bonds. The first-order valence-electron chi connectivity index (χ1n) is 5.97. The van der Waals surface area contributed by atoms with E-state index in [4.69, 9.17) is 10.5 Å². The second-order valence-electron chi connectivity index (χ2n) is 4.42. The number of nitrogens with one attached hydrogen (secondary N) is 1.